The number of methoxy groups -OCH3 is 1. The fourth-order valence-electron chi connectivity index (χ4n) is 1.95. The van der Waals surface area contributed by atoms with Crippen LogP contribution in [0.2, 0.25) is 0 Å². The standard InChI is InChI=1S/C15H21N5O2/c1-19(2)15(21)12-4-5-14(17-8-12)18-10-13-9-16-11-20(13)6-7-22-3/h4-5,8-9,11H,6-7,10H2,1-3H3,(H,17,18). The number of rotatable bonds is 7. The number of nitrogens with one attached hydrogen (secondary N) is 1. The van der Waals surface area contributed by atoms with Crippen molar-refractivity contribution in [3.05, 3.63) is 42.1 Å². The molecule has 2 aromatic heterocycles. The van der Waals surface area contributed by atoms with Crippen molar-refractivity contribution in [3.8, 4) is 0 Å². The zero-order valence-electron chi connectivity index (χ0n) is 13.1. The van der Waals surface area contributed by atoms with Crippen LogP contribution in [0.3, 0.4) is 0 Å². The molecule has 1 amide bonds. The predicted octanol–water partition coefficient (Wildman–Crippen LogP) is 1.24. The van der Waals surface area contributed by atoms with Crippen molar-refractivity contribution in [2.24, 2.45) is 0 Å². The highest BCUT2D eigenvalue weighted by atomic mass is 16.5. The van der Waals surface area contributed by atoms with Gasteiger partial charge in [0.05, 0.1) is 30.7 Å². The largest absolute Gasteiger partial charge is 0.383 e. The molecule has 0 fully saturated rings. The molecule has 0 unspecified atom stereocenters. The first-order valence-electron chi connectivity index (χ1n) is 7.01. The predicted molar refractivity (Wildman–Crippen MR) is 83.7 cm³/mol. The number of ether oxygens (including phenoxy) is 1. The maximum absolute atomic E-state index is 11.8. The molecule has 118 valence electrons. The third-order valence-corrected chi connectivity index (χ3v) is 3.20. The summed E-state index contributed by atoms with van der Waals surface area (Å²) in [6, 6.07) is 3.56. The molecule has 0 aliphatic carbocycles. The Balaban J connectivity index is 1.95. The van der Waals surface area contributed by atoms with E-state index in [2.05, 4.69) is 15.3 Å². The SMILES string of the molecule is COCCn1cncc1CNc1ccc(C(=O)N(C)C)cn1. The van der Waals surface area contributed by atoms with Crippen LogP contribution in [-0.4, -0.2) is 53.2 Å². The summed E-state index contributed by atoms with van der Waals surface area (Å²) in [5.74, 6) is 0.659. The van der Waals surface area contributed by atoms with Crippen molar-refractivity contribution in [1.82, 2.24) is 19.4 Å². The first-order valence-corrected chi connectivity index (χ1v) is 7.01. The summed E-state index contributed by atoms with van der Waals surface area (Å²) in [7, 11) is 5.11. The molecule has 2 aromatic rings. The van der Waals surface area contributed by atoms with Crippen LogP contribution in [-0.2, 0) is 17.8 Å². The van der Waals surface area contributed by atoms with Crippen LogP contribution in [0, 0.1) is 0 Å². The summed E-state index contributed by atoms with van der Waals surface area (Å²) in [5.41, 5.74) is 1.62. The maximum Gasteiger partial charge on any atom is 0.254 e. The molecule has 0 bridgehead atoms. The second-order valence-corrected chi connectivity index (χ2v) is 5.06. The van der Waals surface area contributed by atoms with E-state index in [9.17, 15) is 4.79 Å². The van der Waals surface area contributed by atoms with Crippen LogP contribution >= 0.6 is 0 Å². The average molecular weight is 303 g/mol. The fraction of sp³-hybridized carbons (Fsp3) is 0.400. The highest BCUT2D eigenvalue weighted by Crippen LogP contribution is 2.09. The zero-order chi connectivity index (χ0) is 15.9. The summed E-state index contributed by atoms with van der Waals surface area (Å²) >= 11 is 0. The van der Waals surface area contributed by atoms with Crippen LogP contribution in [0.15, 0.2) is 30.9 Å². The average Bonchev–Trinajstić information content (AvgIpc) is 2.98. The van der Waals surface area contributed by atoms with Gasteiger partial charge in [-0.25, -0.2) is 9.97 Å². The van der Waals surface area contributed by atoms with E-state index < -0.39 is 0 Å². The van der Waals surface area contributed by atoms with Gasteiger partial charge >= 0.3 is 0 Å². The highest BCUT2D eigenvalue weighted by Gasteiger charge is 2.08. The number of pyridine rings is 1. The molecule has 0 aliphatic heterocycles. The van der Waals surface area contributed by atoms with Gasteiger partial charge < -0.3 is 19.5 Å². The van der Waals surface area contributed by atoms with E-state index in [-0.39, 0.29) is 5.91 Å². The third-order valence-electron chi connectivity index (χ3n) is 3.20. The Morgan fingerprint density at radius 2 is 2.18 bits per heavy atom. The highest BCUT2D eigenvalue weighted by molar-refractivity contribution is 5.93. The molecule has 0 aliphatic rings. The molecule has 0 atom stereocenters. The summed E-state index contributed by atoms with van der Waals surface area (Å²) in [4.78, 5) is 21.7. The summed E-state index contributed by atoms with van der Waals surface area (Å²) in [6.07, 6.45) is 5.17. The van der Waals surface area contributed by atoms with Crippen molar-refractivity contribution in [1.29, 1.82) is 0 Å². The Bertz CT molecular complexity index is 607. The summed E-state index contributed by atoms with van der Waals surface area (Å²) in [6.45, 7) is 2.01. The van der Waals surface area contributed by atoms with Gasteiger partial charge in [0.2, 0.25) is 0 Å². The number of nitrogens with zero attached hydrogens (tertiary/aromatic N) is 4. The van der Waals surface area contributed by atoms with E-state index in [1.54, 1.807) is 45.9 Å². The third kappa shape index (κ3) is 4.05. The van der Waals surface area contributed by atoms with Gasteiger partial charge in [-0.05, 0) is 12.1 Å². The Morgan fingerprint density at radius 3 is 2.82 bits per heavy atom. The Hall–Kier alpha value is -2.41. The Kier molecular flexibility index (Phi) is 5.48. The minimum Gasteiger partial charge on any atom is -0.383 e. The molecule has 0 saturated heterocycles. The quantitative estimate of drug-likeness (QED) is 0.833. The van der Waals surface area contributed by atoms with Gasteiger partial charge in [-0.2, -0.15) is 0 Å². The van der Waals surface area contributed by atoms with Gasteiger partial charge in [0, 0.05) is 40.1 Å². The summed E-state index contributed by atoms with van der Waals surface area (Å²) in [5, 5.41) is 3.22. The number of hydrogen-bond acceptors (Lipinski definition) is 5. The lowest BCUT2D eigenvalue weighted by atomic mass is 10.2. The van der Waals surface area contributed by atoms with Crippen molar-refractivity contribution in [2.45, 2.75) is 13.1 Å². The van der Waals surface area contributed by atoms with Gasteiger partial charge in [0.15, 0.2) is 0 Å². The van der Waals surface area contributed by atoms with Gasteiger partial charge in [0.1, 0.15) is 5.82 Å². The van der Waals surface area contributed by atoms with Crippen molar-refractivity contribution >= 4 is 11.7 Å². The van der Waals surface area contributed by atoms with E-state index in [1.807, 2.05) is 10.8 Å². The fourth-order valence-corrected chi connectivity index (χ4v) is 1.95. The minimum absolute atomic E-state index is 0.0586. The van der Waals surface area contributed by atoms with Gasteiger partial charge in [-0.15, -0.1) is 0 Å². The van der Waals surface area contributed by atoms with Gasteiger partial charge in [0.25, 0.3) is 5.91 Å². The minimum atomic E-state index is -0.0586. The smallest absolute Gasteiger partial charge is 0.254 e. The molecular weight excluding hydrogens is 282 g/mol. The molecule has 7 nitrogen and oxygen atoms in total. The van der Waals surface area contributed by atoms with E-state index in [0.717, 1.165) is 18.1 Å². The normalized spacial score (nSPS) is 10.5. The molecule has 0 saturated carbocycles. The zero-order valence-corrected chi connectivity index (χ0v) is 13.1. The van der Waals surface area contributed by atoms with E-state index in [1.165, 1.54) is 4.90 Å². The van der Waals surface area contributed by atoms with E-state index >= 15 is 0 Å². The molecule has 1 N–H and O–H groups in total. The van der Waals surface area contributed by atoms with Crippen LogP contribution in [0.25, 0.3) is 0 Å². The number of carbonyl (C=O) groups is 1. The number of imidazole rings is 1. The van der Waals surface area contributed by atoms with Crippen LogP contribution < -0.4 is 5.32 Å². The van der Waals surface area contributed by atoms with Crippen LogP contribution in [0.4, 0.5) is 5.82 Å². The monoisotopic (exact) mass is 303 g/mol. The summed E-state index contributed by atoms with van der Waals surface area (Å²) < 4.78 is 7.10. The number of hydrogen-bond donors (Lipinski definition) is 1. The Labute approximate surface area is 129 Å². The number of anilines is 1. The number of carbonyl (C=O) groups excluding carboxylic acids is 1. The first-order chi connectivity index (χ1) is 10.6. The van der Waals surface area contributed by atoms with E-state index in [4.69, 9.17) is 4.74 Å². The molecule has 0 radical (unpaired) electrons. The lowest BCUT2D eigenvalue weighted by molar-refractivity contribution is 0.0827. The molecule has 0 spiro atoms. The van der Waals surface area contributed by atoms with E-state index in [0.29, 0.717) is 18.7 Å². The van der Waals surface area contributed by atoms with Crippen molar-refractivity contribution in [2.75, 3.05) is 33.1 Å². The lowest BCUT2D eigenvalue weighted by Gasteiger charge is -2.11. The van der Waals surface area contributed by atoms with Gasteiger partial charge in [-0.1, -0.05) is 0 Å². The number of aromatic nitrogens is 3. The van der Waals surface area contributed by atoms with Crippen molar-refractivity contribution in [3.63, 3.8) is 0 Å². The molecule has 7 heteroatoms. The van der Waals surface area contributed by atoms with Crippen LogP contribution in [0.5, 0.6) is 0 Å². The van der Waals surface area contributed by atoms with Crippen LogP contribution in [0.1, 0.15) is 16.1 Å². The molecular formula is C15H21N5O2. The van der Waals surface area contributed by atoms with Crippen molar-refractivity contribution < 1.29 is 9.53 Å². The van der Waals surface area contributed by atoms with Gasteiger partial charge in [-0.3, -0.25) is 4.79 Å². The molecule has 2 heterocycles. The lowest BCUT2D eigenvalue weighted by Crippen LogP contribution is -2.21. The first kappa shape index (κ1) is 16.0. The Morgan fingerprint density at radius 1 is 1.36 bits per heavy atom. The topological polar surface area (TPSA) is 72.3 Å². The molecule has 2 rings (SSSR count). The second kappa shape index (κ2) is 7.56. The maximum atomic E-state index is 11.8. The second-order valence-electron chi connectivity index (χ2n) is 5.06. The molecule has 22 heavy (non-hydrogen) atoms. The molecule has 0 aromatic carbocycles. The number of amides is 1.